The Morgan fingerprint density at radius 2 is 2.25 bits per heavy atom. The van der Waals surface area contributed by atoms with Crippen LogP contribution in [0, 0.1) is 0 Å². The standard InChI is InChI=1S/C13H15N3O3S/c1-18-6-7-19-8-12(17)16-13-15-11(9-20-13)10-4-2-3-5-14-10/h2-5,9H,6-8H2,1H3,(H,15,16,17). The Morgan fingerprint density at radius 3 is 3.00 bits per heavy atom. The third-order valence-corrected chi connectivity index (χ3v) is 3.10. The quantitative estimate of drug-likeness (QED) is 0.788. The largest absolute Gasteiger partial charge is 0.382 e. The van der Waals surface area contributed by atoms with Gasteiger partial charge in [0.2, 0.25) is 0 Å². The second kappa shape index (κ2) is 7.68. The van der Waals surface area contributed by atoms with Crippen LogP contribution in [0.25, 0.3) is 11.4 Å². The Bertz CT molecular complexity index is 545. The summed E-state index contributed by atoms with van der Waals surface area (Å²) in [5, 5.41) is 5.07. The predicted molar refractivity (Wildman–Crippen MR) is 76.7 cm³/mol. The second-order valence-electron chi connectivity index (χ2n) is 3.85. The first-order chi connectivity index (χ1) is 9.79. The van der Waals surface area contributed by atoms with Gasteiger partial charge in [0.15, 0.2) is 5.13 Å². The fraction of sp³-hybridized carbons (Fsp3) is 0.308. The van der Waals surface area contributed by atoms with Crippen LogP contribution in [0.2, 0.25) is 0 Å². The molecule has 2 rings (SSSR count). The Kier molecular flexibility index (Phi) is 5.60. The number of nitrogens with one attached hydrogen (secondary N) is 1. The van der Waals surface area contributed by atoms with Gasteiger partial charge in [0.1, 0.15) is 12.3 Å². The molecule has 0 aliphatic heterocycles. The fourth-order valence-corrected chi connectivity index (χ4v) is 2.15. The molecule has 2 aromatic heterocycles. The highest BCUT2D eigenvalue weighted by atomic mass is 32.1. The molecule has 6 nitrogen and oxygen atoms in total. The fourth-order valence-electron chi connectivity index (χ4n) is 1.43. The van der Waals surface area contributed by atoms with E-state index in [-0.39, 0.29) is 12.5 Å². The second-order valence-corrected chi connectivity index (χ2v) is 4.70. The zero-order chi connectivity index (χ0) is 14.2. The number of hydrogen-bond acceptors (Lipinski definition) is 6. The maximum Gasteiger partial charge on any atom is 0.252 e. The van der Waals surface area contributed by atoms with Crippen molar-refractivity contribution in [2.45, 2.75) is 0 Å². The summed E-state index contributed by atoms with van der Waals surface area (Å²) >= 11 is 1.35. The van der Waals surface area contributed by atoms with Gasteiger partial charge < -0.3 is 9.47 Å². The molecule has 0 fully saturated rings. The van der Waals surface area contributed by atoms with Gasteiger partial charge >= 0.3 is 0 Å². The van der Waals surface area contributed by atoms with Crippen LogP contribution in [-0.2, 0) is 14.3 Å². The van der Waals surface area contributed by atoms with Crippen LogP contribution in [0.3, 0.4) is 0 Å². The number of carbonyl (C=O) groups is 1. The molecule has 7 heteroatoms. The van der Waals surface area contributed by atoms with E-state index in [0.29, 0.717) is 18.3 Å². The summed E-state index contributed by atoms with van der Waals surface area (Å²) in [5.41, 5.74) is 1.52. The van der Waals surface area contributed by atoms with Crippen LogP contribution in [-0.4, -0.2) is 42.8 Å². The number of amides is 1. The summed E-state index contributed by atoms with van der Waals surface area (Å²) in [6.07, 6.45) is 1.70. The van der Waals surface area contributed by atoms with Crippen molar-refractivity contribution in [3.8, 4) is 11.4 Å². The molecule has 0 aromatic carbocycles. The number of pyridine rings is 1. The lowest BCUT2D eigenvalue weighted by atomic mass is 10.3. The molecule has 1 amide bonds. The zero-order valence-corrected chi connectivity index (χ0v) is 11.9. The van der Waals surface area contributed by atoms with Crippen LogP contribution < -0.4 is 5.32 Å². The van der Waals surface area contributed by atoms with Gasteiger partial charge in [-0.2, -0.15) is 0 Å². The highest BCUT2D eigenvalue weighted by Gasteiger charge is 2.08. The van der Waals surface area contributed by atoms with Gasteiger partial charge in [-0.05, 0) is 12.1 Å². The van der Waals surface area contributed by atoms with E-state index in [1.165, 1.54) is 11.3 Å². The molecule has 20 heavy (non-hydrogen) atoms. The third-order valence-electron chi connectivity index (χ3n) is 2.34. The van der Waals surface area contributed by atoms with Crippen LogP contribution in [0.4, 0.5) is 5.13 Å². The first-order valence-corrected chi connectivity index (χ1v) is 6.91. The predicted octanol–water partition coefficient (Wildman–Crippen LogP) is 1.81. The van der Waals surface area contributed by atoms with E-state index in [1.54, 1.807) is 13.3 Å². The zero-order valence-electron chi connectivity index (χ0n) is 11.0. The highest BCUT2D eigenvalue weighted by molar-refractivity contribution is 7.14. The number of nitrogens with zero attached hydrogens (tertiary/aromatic N) is 2. The Morgan fingerprint density at radius 1 is 1.35 bits per heavy atom. The molecular formula is C13H15N3O3S. The summed E-state index contributed by atoms with van der Waals surface area (Å²) in [4.78, 5) is 20.1. The van der Waals surface area contributed by atoms with Gasteiger partial charge in [0.05, 0.1) is 18.9 Å². The first kappa shape index (κ1) is 14.6. The SMILES string of the molecule is COCCOCC(=O)Nc1nc(-c2ccccn2)cs1. The summed E-state index contributed by atoms with van der Waals surface area (Å²) in [6, 6.07) is 5.61. The van der Waals surface area contributed by atoms with Crippen molar-refractivity contribution in [2.75, 3.05) is 32.2 Å². The molecule has 1 N–H and O–H groups in total. The van der Waals surface area contributed by atoms with E-state index in [4.69, 9.17) is 9.47 Å². The monoisotopic (exact) mass is 293 g/mol. The van der Waals surface area contributed by atoms with E-state index >= 15 is 0 Å². The van der Waals surface area contributed by atoms with Crippen LogP contribution in [0.1, 0.15) is 0 Å². The van der Waals surface area contributed by atoms with Crippen molar-refractivity contribution in [3.05, 3.63) is 29.8 Å². The Hall–Kier alpha value is -1.83. The maximum absolute atomic E-state index is 11.6. The first-order valence-electron chi connectivity index (χ1n) is 6.03. The van der Waals surface area contributed by atoms with Crippen LogP contribution >= 0.6 is 11.3 Å². The number of rotatable bonds is 7. The van der Waals surface area contributed by atoms with Crippen LogP contribution in [0.15, 0.2) is 29.8 Å². The molecule has 0 radical (unpaired) electrons. The van der Waals surface area contributed by atoms with Crippen molar-refractivity contribution < 1.29 is 14.3 Å². The minimum absolute atomic E-state index is 0.0120. The topological polar surface area (TPSA) is 73.3 Å². The van der Waals surface area contributed by atoms with Crippen molar-refractivity contribution in [1.82, 2.24) is 9.97 Å². The van der Waals surface area contributed by atoms with Gasteiger partial charge in [0.25, 0.3) is 5.91 Å². The maximum atomic E-state index is 11.6. The lowest BCUT2D eigenvalue weighted by molar-refractivity contribution is -0.121. The number of thiazole rings is 1. The molecule has 0 spiro atoms. The molecular weight excluding hydrogens is 278 g/mol. The molecule has 0 saturated carbocycles. The molecule has 0 unspecified atom stereocenters. The van der Waals surface area contributed by atoms with Crippen molar-refractivity contribution in [3.63, 3.8) is 0 Å². The number of aromatic nitrogens is 2. The Balaban J connectivity index is 1.85. The minimum Gasteiger partial charge on any atom is -0.382 e. The lowest BCUT2D eigenvalue weighted by Crippen LogP contribution is -2.19. The van der Waals surface area contributed by atoms with Gasteiger partial charge in [-0.25, -0.2) is 4.98 Å². The van der Waals surface area contributed by atoms with Gasteiger partial charge in [-0.15, -0.1) is 11.3 Å². The van der Waals surface area contributed by atoms with Crippen molar-refractivity contribution in [1.29, 1.82) is 0 Å². The van der Waals surface area contributed by atoms with E-state index in [1.807, 2.05) is 23.6 Å². The smallest absolute Gasteiger partial charge is 0.252 e. The van der Waals surface area contributed by atoms with E-state index in [0.717, 1.165) is 11.4 Å². The van der Waals surface area contributed by atoms with Gasteiger partial charge in [-0.1, -0.05) is 6.07 Å². The number of methoxy groups -OCH3 is 1. The number of hydrogen-bond donors (Lipinski definition) is 1. The summed E-state index contributed by atoms with van der Waals surface area (Å²) < 4.78 is 9.95. The van der Waals surface area contributed by atoms with Gasteiger partial charge in [0, 0.05) is 18.7 Å². The van der Waals surface area contributed by atoms with E-state index in [2.05, 4.69) is 15.3 Å². The molecule has 0 bridgehead atoms. The number of anilines is 1. The molecule has 0 atom stereocenters. The average Bonchev–Trinajstić information content (AvgIpc) is 2.93. The average molecular weight is 293 g/mol. The third kappa shape index (κ3) is 4.37. The summed E-state index contributed by atoms with van der Waals surface area (Å²) in [5.74, 6) is -0.233. The lowest BCUT2D eigenvalue weighted by Gasteiger charge is -2.03. The Labute approximate surface area is 120 Å². The van der Waals surface area contributed by atoms with Crippen molar-refractivity contribution >= 4 is 22.4 Å². The molecule has 0 saturated heterocycles. The number of ether oxygens (including phenoxy) is 2. The summed E-state index contributed by atoms with van der Waals surface area (Å²) in [6.45, 7) is 0.844. The summed E-state index contributed by atoms with van der Waals surface area (Å²) in [7, 11) is 1.58. The van der Waals surface area contributed by atoms with E-state index < -0.39 is 0 Å². The molecule has 0 aliphatic carbocycles. The normalized spacial score (nSPS) is 10.4. The van der Waals surface area contributed by atoms with E-state index in [9.17, 15) is 4.79 Å². The minimum atomic E-state index is -0.233. The number of carbonyl (C=O) groups excluding carboxylic acids is 1. The van der Waals surface area contributed by atoms with Gasteiger partial charge in [-0.3, -0.25) is 15.1 Å². The van der Waals surface area contributed by atoms with Crippen molar-refractivity contribution in [2.24, 2.45) is 0 Å². The molecule has 2 aromatic rings. The molecule has 0 aliphatic rings. The van der Waals surface area contributed by atoms with Crippen LogP contribution in [0.5, 0.6) is 0 Å². The molecule has 106 valence electrons. The highest BCUT2D eigenvalue weighted by Crippen LogP contribution is 2.22. The molecule has 2 heterocycles.